The highest BCUT2D eigenvalue weighted by molar-refractivity contribution is 6.06. The SMILES string of the molecule is O=C(c1ccoc1)N(c1ccccc1)C1CCC12CCN(CC1CCC1)CC2. The summed E-state index contributed by atoms with van der Waals surface area (Å²) in [5.41, 5.74) is 1.94. The number of carbonyl (C=O) groups is 1. The number of para-hydroxylation sites is 1. The molecule has 1 aromatic heterocycles. The molecule has 4 heteroatoms. The van der Waals surface area contributed by atoms with E-state index in [1.165, 1.54) is 58.2 Å². The second-order valence-electron chi connectivity index (χ2n) is 9.04. The van der Waals surface area contributed by atoms with Crippen molar-refractivity contribution < 1.29 is 9.21 Å². The summed E-state index contributed by atoms with van der Waals surface area (Å²) in [6.45, 7) is 3.67. The number of furan rings is 1. The van der Waals surface area contributed by atoms with E-state index in [-0.39, 0.29) is 11.3 Å². The van der Waals surface area contributed by atoms with Crippen LogP contribution in [0.2, 0.25) is 0 Å². The number of rotatable bonds is 5. The van der Waals surface area contributed by atoms with Gasteiger partial charge in [-0.05, 0) is 81.1 Å². The van der Waals surface area contributed by atoms with Crippen LogP contribution in [0.15, 0.2) is 53.3 Å². The van der Waals surface area contributed by atoms with Crippen molar-refractivity contribution in [3.8, 4) is 0 Å². The van der Waals surface area contributed by atoms with Gasteiger partial charge in [-0.2, -0.15) is 0 Å². The Morgan fingerprint density at radius 3 is 2.43 bits per heavy atom. The maximum atomic E-state index is 13.4. The van der Waals surface area contributed by atoms with Crippen LogP contribution in [0.1, 0.15) is 55.3 Å². The van der Waals surface area contributed by atoms with Crippen LogP contribution in [-0.2, 0) is 0 Å². The number of benzene rings is 1. The van der Waals surface area contributed by atoms with Gasteiger partial charge in [-0.15, -0.1) is 0 Å². The van der Waals surface area contributed by atoms with Crippen molar-refractivity contribution in [2.45, 2.75) is 51.0 Å². The van der Waals surface area contributed by atoms with E-state index in [0.717, 1.165) is 18.0 Å². The van der Waals surface area contributed by atoms with E-state index in [2.05, 4.69) is 21.9 Å². The predicted octanol–water partition coefficient (Wildman–Crippen LogP) is 4.97. The van der Waals surface area contributed by atoms with E-state index in [1.807, 2.05) is 18.2 Å². The lowest BCUT2D eigenvalue weighted by Crippen LogP contribution is -2.61. The Morgan fingerprint density at radius 1 is 1.07 bits per heavy atom. The molecule has 1 aromatic carbocycles. The lowest BCUT2D eigenvalue weighted by Gasteiger charge is -2.57. The maximum absolute atomic E-state index is 13.4. The molecule has 28 heavy (non-hydrogen) atoms. The van der Waals surface area contributed by atoms with E-state index >= 15 is 0 Å². The molecule has 5 rings (SSSR count). The third kappa shape index (κ3) is 3.18. The largest absolute Gasteiger partial charge is 0.472 e. The Bertz CT molecular complexity index is 789. The average Bonchev–Trinajstić information content (AvgIpc) is 3.23. The summed E-state index contributed by atoms with van der Waals surface area (Å²) >= 11 is 0. The molecule has 0 bridgehead atoms. The topological polar surface area (TPSA) is 36.7 Å². The van der Waals surface area contributed by atoms with Gasteiger partial charge >= 0.3 is 0 Å². The second-order valence-corrected chi connectivity index (χ2v) is 9.04. The molecule has 0 radical (unpaired) electrons. The molecule has 1 spiro atoms. The van der Waals surface area contributed by atoms with Crippen LogP contribution in [0.5, 0.6) is 0 Å². The van der Waals surface area contributed by atoms with Crippen LogP contribution in [0.25, 0.3) is 0 Å². The minimum absolute atomic E-state index is 0.0703. The fourth-order valence-electron chi connectivity index (χ4n) is 5.44. The van der Waals surface area contributed by atoms with Crippen molar-refractivity contribution >= 4 is 11.6 Å². The van der Waals surface area contributed by atoms with Crippen LogP contribution in [0.3, 0.4) is 0 Å². The third-order valence-electron chi connectivity index (χ3n) is 7.55. The number of carbonyl (C=O) groups excluding carboxylic acids is 1. The normalized spacial score (nSPS) is 24.5. The van der Waals surface area contributed by atoms with Crippen LogP contribution >= 0.6 is 0 Å². The summed E-state index contributed by atoms with van der Waals surface area (Å²) < 4.78 is 5.20. The van der Waals surface area contributed by atoms with Gasteiger partial charge in [0.25, 0.3) is 5.91 Å². The summed E-state index contributed by atoms with van der Waals surface area (Å²) in [7, 11) is 0. The first-order valence-electron chi connectivity index (χ1n) is 10.9. The first-order chi connectivity index (χ1) is 13.8. The van der Waals surface area contributed by atoms with E-state index < -0.39 is 0 Å². The summed E-state index contributed by atoms with van der Waals surface area (Å²) in [5.74, 6) is 1.01. The zero-order chi connectivity index (χ0) is 19.0. The first kappa shape index (κ1) is 18.0. The molecule has 2 saturated carbocycles. The molecule has 1 saturated heterocycles. The monoisotopic (exact) mass is 378 g/mol. The quantitative estimate of drug-likeness (QED) is 0.737. The van der Waals surface area contributed by atoms with Crippen LogP contribution in [0, 0.1) is 11.3 Å². The van der Waals surface area contributed by atoms with Crippen molar-refractivity contribution in [2.24, 2.45) is 11.3 Å². The zero-order valence-electron chi connectivity index (χ0n) is 16.6. The van der Waals surface area contributed by atoms with Gasteiger partial charge in [-0.25, -0.2) is 0 Å². The molecule has 2 aromatic rings. The van der Waals surface area contributed by atoms with E-state index in [1.54, 1.807) is 18.6 Å². The number of anilines is 1. The Hall–Kier alpha value is -2.07. The average molecular weight is 379 g/mol. The number of hydrogen-bond donors (Lipinski definition) is 0. The summed E-state index contributed by atoms with van der Waals surface area (Å²) in [5, 5.41) is 0. The van der Waals surface area contributed by atoms with Crippen molar-refractivity contribution in [1.29, 1.82) is 0 Å². The predicted molar refractivity (Wildman–Crippen MR) is 110 cm³/mol. The summed E-state index contributed by atoms with van der Waals surface area (Å²) in [4.78, 5) is 18.1. The van der Waals surface area contributed by atoms with Gasteiger partial charge in [-0.1, -0.05) is 24.6 Å². The highest BCUT2D eigenvalue weighted by Crippen LogP contribution is 2.53. The molecule has 4 nitrogen and oxygen atoms in total. The molecular weight excluding hydrogens is 348 g/mol. The standard InChI is InChI=1S/C24H30N2O2/c27-23(20-10-16-28-18-20)26(21-7-2-1-3-8-21)22-9-11-24(22)12-14-25(15-13-24)17-19-5-4-6-19/h1-3,7-8,10,16,18-19,22H,4-6,9,11-15,17H2. The van der Waals surface area contributed by atoms with Gasteiger partial charge in [0, 0.05) is 18.3 Å². The van der Waals surface area contributed by atoms with Crippen molar-refractivity contribution in [3.63, 3.8) is 0 Å². The number of piperidine rings is 1. The molecule has 148 valence electrons. The Morgan fingerprint density at radius 2 is 1.86 bits per heavy atom. The maximum Gasteiger partial charge on any atom is 0.261 e. The van der Waals surface area contributed by atoms with E-state index in [4.69, 9.17) is 4.42 Å². The number of hydrogen-bond acceptors (Lipinski definition) is 3. The second kappa shape index (κ2) is 7.40. The van der Waals surface area contributed by atoms with Crippen LogP contribution in [-0.4, -0.2) is 36.5 Å². The molecule has 3 aliphatic rings. The van der Waals surface area contributed by atoms with Crippen molar-refractivity contribution in [3.05, 3.63) is 54.5 Å². The molecule has 1 amide bonds. The van der Waals surface area contributed by atoms with E-state index in [9.17, 15) is 4.79 Å². The number of nitrogens with zero attached hydrogens (tertiary/aromatic N) is 2. The van der Waals surface area contributed by atoms with Gasteiger partial charge < -0.3 is 14.2 Å². The van der Waals surface area contributed by atoms with E-state index in [0.29, 0.717) is 11.6 Å². The van der Waals surface area contributed by atoms with Crippen LogP contribution in [0.4, 0.5) is 5.69 Å². The third-order valence-corrected chi connectivity index (χ3v) is 7.55. The minimum Gasteiger partial charge on any atom is -0.472 e. The molecule has 1 unspecified atom stereocenters. The lowest BCUT2D eigenvalue weighted by molar-refractivity contribution is -0.00105. The fourth-order valence-corrected chi connectivity index (χ4v) is 5.44. The smallest absolute Gasteiger partial charge is 0.261 e. The zero-order valence-corrected chi connectivity index (χ0v) is 16.6. The number of amides is 1. The Kier molecular flexibility index (Phi) is 4.75. The molecule has 1 atom stereocenters. The lowest BCUT2D eigenvalue weighted by atomic mass is 9.58. The van der Waals surface area contributed by atoms with Gasteiger partial charge in [0.15, 0.2) is 0 Å². The van der Waals surface area contributed by atoms with Crippen LogP contribution < -0.4 is 4.90 Å². The Labute approximate surface area is 167 Å². The van der Waals surface area contributed by atoms with Crippen molar-refractivity contribution in [1.82, 2.24) is 4.90 Å². The number of likely N-dealkylation sites (tertiary alicyclic amines) is 1. The van der Waals surface area contributed by atoms with Gasteiger partial charge in [-0.3, -0.25) is 4.79 Å². The fraction of sp³-hybridized carbons (Fsp3) is 0.542. The molecule has 1 aliphatic heterocycles. The first-order valence-corrected chi connectivity index (χ1v) is 10.9. The van der Waals surface area contributed by atoms with Gasteiger partial charge in [0.1, 0.15) is 6.26 Å². The molecule has 3 fully saturated rings. The van der Waals surface area contributed by atoms with Gasteiger partial charge in [0.05, 0.1) is 11.8 Å². The summed E-state index contributed by atoms with van der Waals surface area (Å²) in [6, 6.07) is 12.3. The molecule has 0 N–H and O–H groups in total. The van der Waals surface area contributed by atoms with Crippen molar-refractivity contribution in [2.75, 3.05) is 24.5 Å². The molecule has 2 aliphatic carbocycles. The molecular formula is C24H30N2O2. The minimum atomic E-state index is 0.0703. The summed E-state index contributed by atoms with van der Waals surface area (Å²) in [6.07, 6.45) is 12.2. The highest BCUT2D eigenvalue weighted by atomic mass is 16.3. The molecule has 2 heterocycles. The highest BCUT2D eigenvalue weighted by Gasteiger charge is 2.52. The van der Waals surface area contributed by atoms with Gasteiger partial charge in [0.2, 0.25) is 0 Å². The Balaban J connectivity index is 1.35.